The standard InChI is InChI=1S/C45H48N10O6/c46-25-29-3-11-38(34-2-1-16-48-41(29)34)61-32-7-4-30(5-8-32)54-40(56)12-10-37(45(54)60)55-43(58)33-9-6-31(24-35(33)44(55)59)52-22-20-51(21-23-52)17-13-28-14-18-53(19-15-28)39-27-49-36(26-50-39)42(47)57/h1-3,6,9,11,16,24,26-28,30,32,37H,4-5,7-8,10,12-15,17-23H2,(H2,47,57). The molecule has 6 heterocycles. The van der Waals surface area contributed by atoms with Gasteiger partial charge in [-0.05, 0) is 106 Å². The minimum absolute atomic E-state index is 0.0719. The van der Waals surface area contributed by atoms with E-state index in [1.165, 1.54) is 11.1 Å². The zero-order chi connectivity index (χ0) is 42.2. The third-order valence-electron chi connectivity index (χ3n) is 13.2. The molecule has 0 radical (unpaired) electrons. The first-order valence-electron chi connectivity index (χ1n) is 21.3. The minimum atomic E-state index is -1.04. The Morgan fingerprint density at radius 3 is 2.30 bits per heavy atom. The molecule has 0 spiro atoms. The molecule has 9 rings (SSSR count). The number of nitriles is 1. The van der Waals surface area contributed by atoms with E-state index in [0.29, 0.717) is 54.0 Å². The van der Waals surface area contributed by atoms with Gasteiger partial charge in [-0.15, -0.1) is 0 Å². The van der Waals surface area contributed by atoms with Crippen LogP contribution in [0.2, 0.25) is 0 Å². The molecule has 0 bridgehead atoms. The lowest BCUT2D eigenvalue weighted by molar-refractivity contribution is -0.155. The number of likely N-dealkylation sites (tertiary alicyclic amines) is 1. The maximum absolute atomic E-state index is 14.1. The van der Waals surface area contributed by atoms with Crippen LogP contribution in [0.15, 0.2) is 61.1 Å². The molecule has 2 aromatic carbocycles. The van der Waals surface area contributed by atoms with E-state index < -0.39 is 29.7 Å². The number of piperidine rings is 2. The van der Waals surface area contributed by atoms with Crippen LogP contribution < -0.4 is 20.3 Å². The lowest BCUT2D eigenvalue weighted by atomic mass is 9.89. The first-order chi connectivity index (χ1) is 29.7. The number of hydrogen-bond donors (Lipinski definition) is 1. The normalized spacial score (nSPS) is 22.8. The molecule has 3 saturated heterocycles. The Balaban J connectivity index is 0.766. The molecule has 16 heteroatoms. The Hall–Kier alpha value is -6.47. The molecule has 16 nitrogen and oxygen atoms in total. The van der Waals surface area contributed by atoms with E-state index in [9.17, 15) is 29.2 Å². The highest BCUT2D eigenvalue weighted by Crippen LogP contribution is 2.36. The summed E-state index contributed by atoms with van der Waals surface area (Å²) in [5, 5.41) is 10.3. The Labute approximate surface area is 353 Å². The molecular weight excluding hydrogens is 777 g/mol. The molecule has 4 fully saturated rings. The number of pyridine rings is 1. The number of primary amides is 1. The summed E-state index contributed by atoms with van der Waals surface area (Å²) in [5.41, 5.74) is 7.96. The zero-order valence-electron chi connectivity index (χ0n) is 33.9. The van der Waals surface area contributed by atoms with Gasteiger partial charge in [-0.1, -0.05) is 0 Å². The van der Waals surface area contributed by atoms with E-state index in [4.69, 9.17) is 10.5 Å². The van der Waals surface area contributed by atoms with Gasteiger partial charge in [0.15, 0.2) is 0 Å². The van der Waals surface area contributed by atoms with Gasteiger partial charge in [0, 0.05) is 69.0 Å². The van der Waals surface area contributed by atoms with E-state index in [0.717, 1.165) is 86.9 Å². The number of carbonyl (C=O) groups excluding carboxylic acids is 5. The Kier molecular flexibility index (Phi) is 11.1. The second kappa shape index (κ2) is 16.9. The number of anilines is 2. The summed E-state index contributed by atoms with van der Waals surface area (Å²) in [6, 6.07) is 13.3. The summed E-state index contributed by atoms with van der Waals surface area (Å²) in [7, 11) is 0. The highest BCUT2D eigenvalue weighted by Gasteiger charge is 2.49. The van der Waals surface area contributed by atoms with E-state index in [1.54, 1.807) is 42.7 Å². The zero-order valence-corrected chi connectivity index (χ0v) is 33.9. The number of hydrogen-bond acceptors (Lipinski definition) is 13. The van der Waals surface area contributed by atoms with Gasteiger partial charge in [0.25, 0.3) is 23.6 Å². The summed E-state index contributed by atoms with van der Waals surface area (Å²) in [5.74, 6) is -0.325. The second-order valence-corrected chi connectivity index (χ2v) is 16.7. The number of ether oxygens (including phenoxy) is 1. The Bertz CT molecular complexity index is 2410. The molecule has 2 aromatic heterocycles. The fraction of sp³-hybridized carbons (Fsp3) is 0.444. The maximum atomic E-state index is 14.1. The van der Waals surface area contributed by atoms with Crippen LogP contribution in [0, 0.1) is 17.2 Å². The van der Waals surface area contributed by atoms with Gasteiger partial charge >= 0.3 is 0 Å². The topological polar surface area (TPSA) is 199 Å². The van der Waals surface area contributed by atoms with Crippen LogP contribution in [0.1, 0.15) is 94.6 Å². The van der Waals surface area contributed by atoms with Crippen LogP contribution in [-0.4, -0.2) is 123 Å². The Morgan fingerprint density at radius 2 is 1.57 bits per heavy atom. The second-order valence-electron chi connectivity index (χ2n) is 16.7. The highest BCUT2D eigenvalue weighted by molar-refractivity contribution is 6.23. The summed E-state index contributed by atoms with van der Waals surface area (Å²) < 4.78 is 6.38. The number of fused-ring (bicyclic) bond motifs is 2. The first-order valence-corrected chi connectivity index (χ1v) is 21.3. The fourth-order valence-corrected chi connectivity index (χ4v) is 9.74. The smallest absolute Gasteiger partial charge is 0.268 e. The van der Waals surface area contributed by atoms with Gasteiger partial charge in [-0.2, -0.15) is 5.26 Å². The predicted molar refractivity (Wildman–Crippen MR) is 224 cm³/mol. The number of nitrogens with two attached hydrogens (primary N) is 1. The van der Waals surface area contributed by atoms with Crippen molar-refractivity contribution in [2.24, 2.45) is 11.7 Å². The van der Waals surface area contributed by atoms with Gasteiger partial charge in [-0.25, -0.2) is 9.97 Å². The average Bonchev–Trinajstić information content (AvgIpc) is 3.54. The van der Waals surface area contributed by atoms with Crippen LogP contribution in [0.5, 0.6) is 5.75 Å². The van der Waals surface area contributed by atoms with E-state index in [-0.39, 0.29) is 42.2 Å². The molecule has 5 amide bonds. The molecule has 1 saturated carbocycles. The van der Waals surface area contributed by atoms with Crippen molar-refractivity contribution in [1.29, 1.82) is 5.26 Å². The average molecular weight is 825 g/mol. The van der Waals surface area contributed by atoms with Crippen LogP contribution >= 0.6 is 0 Å². The molecule has 314 valence electrons. The van der Waals surface area contributed by atoms with Crippen molar-refractivity contribution < 1.29 is 28.7 Å². The van der Waals surface area contributed by atoms with Crippen molar-refractivity contribution in [2.45, 2.75) is 76.0 Å². The van der Waals surface area contributed by atoms with Crippen molar-refractivity contribution in [3.8, 4) is 11.8 Å². The van der Waals surface area contributed by atoms with Crippen LogP contribution in [0.4, 0.5) is 11.5 Å². The van der Waals surface area contributed by atoms with Crippen LogP contribution in [-0.2, 0) is 9.59 Å². The fourth-order valence-electron chi connectivity index (χ4n) is 9.74. The number of imide groups is 2. The summed E-state index contributed by atoms with van der Waals surface area (Å²) in [6.45, 7) is 6.13. The largest absolute Gasteiger partial charge is 0.490 e. The molecule has 61 heavy (non-hydrogen) atoms. The van der Waals surface area contributed by atoms with Gasteiger partial charge in [-0.3, -0.25) is 43.7 Å². The number of benzene rings is 2. The number of rotatable bonds is 10. The van der Waals surface area contributed by atoms with Crippen molar-refractivity contribution in [3.63, 3.8) is 0 Å². The molecule has 4 aromatic rings. The Morgan fingerprint density at radius 1 is 0.803 bits per heavy atom. The van der Waals surface area contributed by atoms with E-state index in [2.05, 4.69) is 35.7 Å². The van der Waals surface area contributed by atoms with Crippen molar-refractivity contribution >= 4 is 51.9 Å². The number of aromatic nitrogens is 3. The third-order valence-corrected chi connectivity index (χ3v) is 13.2. The molecule has 1 atom stereocenters. The van der Waals surface area contributed by atoms with Gasteiger partial charge in [0.05, 0.1) is 40.7 Å². The molecule has 4 aliphatic heterocycles. The summed E-state index contributed by atoms with van der Waals surface area (Å²) in [4.78, 5) is 88.7. The van der Waals surface area contributed by atoms with Crippen molar-refractivity contribution in [2.75, 3.05) is 55.6 Å². The molecule has 5 aliphatic rings. The highest BCUT2D eigenvalue weighted by atomic mass is 16.5. The van der Waals surface area contributed by atoms with Gasteiger partial charge in [0.1, 0.15) is 29.4 Å². The van der Waals surface area contributed by atoms with Crippen LogP contribution in [0.25, 0.3) is 10.9 Å². The summed E-state index contributed by atoms with van der Waals surface area (Å²) in [6.07, 6.45) is 10.2. The number of nitrogens with zero attached hydrogens (tertiary/aromatic N) is 9. The molecule has 1 aliphatic carbocycles. The predicted octanol–water partition coefficient (Wildman–Crippen LogP) is 3.93. The number of carbonyl (C=O) groups is 5. The molecule has 2 N–H and O–H groups in total. The van der Waals surface area contributed by atoms with Crippen molar-refractivity contribution in [3.05, 3.63) is 83.4 Å². The van der Waals surface area contributed by atoms with Gasteiger partial charge in [0.2, 0.25) is 5.91 Å². The lowest BCUT2D eigenvalue weighted by Crippen LogP contribution is -2.59. The summed E-state index contributed by atoms with van der Waals surface area (Å²) >= 11 is 0. The maximum Gasteiger partial charge on any atom is 0.268 e. The first kappa shape index (κ1) is 40.0. The van der Waals surface area contributed by atoms with E-state index in [1.807, 2.05) is 12.1 Å². The number of piperazine rings is 1. The number of amides is 5. The van der Waals surface area contributed by atoms with E-state index >= 15 is 0 Å². The minimum Gasteiger partial charge on any atom is -0.490 e. The molecule has 1 unspecified atom stereocenters. The monoisotopic (exact) mass is 824 g/mol. The molecular formula is C45H48N10O6. The van der Waals surface area contributed by atoms with Gasteiger partial charge < -0.3 is 20.3 Å². The third kappa shape index (κ3) is 7.85. The lowest BCUT2D eigenvalue weighted by Gasteiger charge is -2.41. The SMILES string of the molecule is N#Cc1ccc(OC2CCC(N3C(=O)CCC(N4C(=O)c5ccc(N6CCN(CCC7CCN(c8cnc(C(N)=O)cn8)CC7)CC6)cc5C4=O)C3=O)CC2)c2cccnc12. The van der Waals surface area contributed by atoms with Crippen molar-refractivity contribution in [1.82, 2.24) is 29.7 Å². The van der Waals surface area contributed by atoms with Crippen LogP contribution in [0.3, 0.4) is 0 Å². The quantitative estimate of drug-likeness (QED) is 0.226.